The van der Waals surface area contributed by atoms with Gasteiger partial charge in [0.15, 0.2) is 12.2 Å². The zero-order chi connectivity index (χ0) is 20.8. The van der Waals surface area contributed by atoms with Crippen molar-refractivity contribution >= 4 is 23.5 Å². The van der Waals surface area contributed by atoms with Crippen LogP contribution in [0.2, 0.25) is 0 Å². The van der Waals surface area contributed by atoms with E-state index in [0.717, 1.165) is 0 Å². The van der Waals surface area contributed by atoms with Gasteiger partial charge in [0, 0.05) is 17.4 Å². The van der Waals surface area contributed by atoms with Gasteiger partial charge in [-0.1, -0.05) is 12.1 Å². The topological polar surface area (TPSA) is 129 Å². The van der Waals surface area contributed by atoms with Crippen LogP contribution in [0.1, 0.15) is 18.6 Å². The number of rotatable bonds is 6. The van der Waals surface area contributed by atoms with E-state index >= 15 is 0 Å². The summed E-state index contributed by atoms with van der Waals surface area (Å²) < 4.78 is 15.6. The van der Waals surface area contributed by atoms with Gasteiger partial charge in [0.25, 0.3) is 0 Å². The summed E-state index contributed by atoms with van der Waals surface area (Å²) in [5.74, 6) is 1.08. The number of benzene rings is 2. The zero-order valence-electron chi connectivity index (χ0n) is 15.8. The molecule has 0 aliphatic carbocycles. The highest BCUT2D eigenvalue weighted by Crippen LogP contribution is 2.32. The minimum Gasteiger partial charge on any atom is -0.496 e. The second kappa shape index (κ2) is 8.79. The molecule has 0 fully saturated rings. The van der Waals surface area contributed by atoms with Gasteiger partial charge in [-0.25, -0.2) is 14.6 Å². The van der Waals surface area contributed by atoms with Gasteiger partial charge >= 0.3 is 12.1 Å². The summed E-state index contributed by atoms with van der Waals surface area (Å²) in [5.41, 5.74) is 7.51. The van der Waals surface area contributed by atoms with E-state index in [1.165, 1.54) is 13.5 Å². The molecule has 0 aliphatic rings. The molecule has 0 saturated heterocycles. The molecule has 0 bridgehead atoms. The molecule has 0 spiro atoms. The van der Waals surface area contributed by atoms with Gasteiger partial charge in [-0.05, 0) is 36.8 Å². The Hall–Kier alpha value is -4.01. The van der Waals surface area contributed by atoms with Crippen molar-refractivity contribution in [2.24, 2.45) is 5.73 Å². The molecule has 9 nitrogen and oxygen atoms in total. The number of nitrogens with one attached hydrogen (secondary N) is 2. The van der Waals surface area contributed by atoms with E-state index in [9.17, 15) is 9.59 Å². The molecule has 0 saturated carbocycles. The second-order valence-corrected chi connectivity index (χ2v) is 6.06. The first-order valence-electron chi connectivity index (χ1n) is 8.67. The van der Waals surface area contributed by atoms with Crippen molar-refractivity contribution in [2.75, 3.05) is 17.7 Å². The second-order valence-electron chi connectivity index (χ2n) is 6.06. The summed E-state index contributed by atoms with van der Waals surface area (Å²) in [4.78, 5) is 27.1. The fourth-order valence-corrected chi connectivity index (χ4v) is 2.73. The number of amides is 3. The number of hydrogen-bond donors (Lipinski definition) is 3. The first-order chi connectivity index (χ1) is 14.0. The number of oxazole rings is 1. The van der Waals surface area contributed by atoms with Gasteiger partial charge in [0.1, 0.15) is 11.9 Å². The summed E-state index contributed by atoms with van der Waals surface area (Å²) >= 11 is 0. The number of anilines is 2. The highest BCUT2D eigenvalue weighted by atomic mass is 16.6. The van der Waals surface area contributed by atoms with Gasteiger partial charge in [-0.3, -0.25) is 0 Å². The maximum Gasteiger partial charge on any atom is 0.405 e. The first kappa shape index (κ1) is 19.7. The largest absolute Gasteiger partial charge is 0.496 e. The summed E-state index contributed by atoms with van der Waals surface area (Å²) in [6.45, 7) is 1.69. The highest BCUT2D eigenvalue weighted by Gasteiger charge is 2.13. The normalized spacial score (nSPS) is 11.4. The molecule has 2 aromatic carbocycles. The van der Waals surface area contributed by atoms with E-state index in [4.69, 9.17) is 19.6 Å². The van der Waals surface area contributed by atoms with E-state index < -0.39 is 18.2 Å². The van der Waals surface area contributed by atoms with Crippen LogP contribution >= 0.6 is 0 Å². The monoisotopic (exact) mass is 396 g/mol. The van der Waals surface area contributed by atoms with Gasteiger partial charge in [-0.15, -0.1) is 0 Å². The standard InChI is InChI=1S/C20H20N4O5/c1-12(29-19(21)25)13-4-3-5-14(8-13)23-20(26)24-15-6-7-16(17(9-15)27-2)18-10-22-11-28-18/h3-12H,1-2H3,(H2,21,25)(H2,23,24,26)/t12-/m0/s1. The van der Waals surface area contributed by atoms with Crippen molar-refractivity contribution in [1.82, 2.24) is 4.98 Å². The summed E-state index contributed by atoms with van der Waals surface area (Å²) in [6, 6.07) is 11.6. The molecular weight excluding hydrogens is 376 g/mol. The van der Waals surface area contributed by atoms with E-state index in [0.29, 0.717) is 34.0 Å². The third-order valence-corrected chi connectivity index (χ3v) is 4.06. The number of nitrogens with two attached hydrogens (primary N) is 1. The Morgan fingerprint density at radius 2 is 1.90 bits per heavy atom. The van der Waals surface area contributed by atoms with E-state index in [1.54, 1.807) is 55.6 Å². The molecule has 1 aromatic heterocycles. The first-order valence-corrected chi connectivity index (χ1v) is 8.67. The predicted molar refractivity (Wildman–Crippen MR) is 107 cm³/mol. The molecule has 1 atom stereocenters. The fraction of sp³-hybridized carbons (Fsp3) is 0.150. The van der Waals surface area contributed by atoms with Crippen LogP contribution in [0, 0.1) is 0 Å². The van der Waals surface area contributed by atoms with Crippen LogP contribution in [0.15, 0.2) is 59.5 Å². The lowest BCUT2D eigenvalue weighted by Crippen LogP contribution is -2.20. The maximum atomic E-state index is 12.4. The Morgan fingerprint density at radius 1 is 1.14 bits per heavy atom. The Bertz CT molecular complexity index is 1000. The van der Waals surface area contributed by atoms with Gasteiger partial charge in [0.05, 0.1) is 18.9 Å². The van der Waals surface area contributed by atoms with Crippen molar-refractivity contribution in [2.45, 2.75) is 13.0 Å². The minimum absolute atomic E-state index is 0.444. The van der Waals surface area contributed by atoms with Crippen LogP contribution in [0.4, 0.5) is 21.0 Å². The number of primary amides is 1. The van der Waals surface area contributed by atoms with Gasteiger partial charge in [-0.2, -0.15) is 0 Å². The minimum atomic E-state index is -0.865. The van der Waals surface area contributed by atoms with Crippen molar-refractivity contribution in [3.63, 3.8) is 0 Å². The lowest BCUT2D eigenvalue weighted by atomic mass is 10.1. The Labute approximate surface area is 166 Å². The van der Waals surface area contributed by atoms with Crippen LogP contribution < -0.4 is 21.1 Å². The molecule has 0 aliphatic heterocycles. The average molecular weight is 396 g/mol. The lowest BCUT2D eigenvalue weighted by Gasteiger charge is -2.14. The van der Waals surface area contributed by atoms with Crippen LogP contribution in [-0.4, -0.2) is 24.2 Å². The molecule has 150 valence electrons. The molecule has 0 unspecified atom stereocenters. The van der Waals surface area contributed by atoms with E-state index in [1.807, 2.05) is 0 Å². The average Bonchev–Trinajstić information content (AvgIpc) is 3.22. The predicted octanol–water partition coefficient (Wildman–Crippen LogP) is 4.15. The van der Waals surface area contributed by atoms with Crippen LogP contribution in [0.25, 0.3) is 11.3 Å². The lowest BCUT2D eigenvalue weighted by molar-refractivity contribution is 0.116. The van der Waals surface area contributed by atoms with Crippen LogP contribution in [0.3, 0.4) is 0 Å². The Balaban J connectivity index is 1.69. The number of nitrogens with zero attached hydrogens (tertiary/aromatic N) is 1. The van der Waals surface area contributed by atoms with Crippen LogP contribution in [0.5, 0.6) is 5.75 Å². The molecule has 3 rings (SSSR count). The van der Waals surface area contributed by atoms with Crippen molar-refractivity contribution < 1.29 is 23.5 Å². The summed E-state index contributed by atoms with van der Waals surface area (Å²) in [5, 5.41) is 5.46. The van der Waals surface area contributed by atoms with Gasteiger partial charge < -0.3 is 30.3 Å². The smallest absolute Gasteiger partial charge is 0.405 e. The molecule has 29 heavy (non-hydrogen) atoms. The van der Waals surface area contributed by atoms with Crippen molar-refractivity contribution in [3.05, 3.63) is 60.6 Å². The van der Waals surface area contributed by atoms with E-state index in [2.05, 4.69) is 15.6 Å². The number of hydrogen-bond acceptors (Lipinski definition) is 6. The molecule has 9 heteroatoms. The molecule has 3 amide bonds. The zero-order valence-corrected chi connectivity index (χ0v) is 15.8. The van der Waals surface area contributed by atoms with E-state index in [-0.39, 0.29) is 0 Å². The Morgan fingerprint density at radius 3 is 2.55 bits per heavy atom. The number of methoxy groups -OCH3 is 1. The van der Waals surface area contributed by atoms with Crippen molar-refractivity contribution in [3.8, 4) is 17.1 Å². The van der Waals surface area contributed by atoms with Crippen molar-refractivity contribution in [1.29, 1.82) is 0 Å². The number of carbonyl (C=O) groups is 2. The SMILES string of the molecule is COc1cc(NC(=O)Nc2cccc([C@H](C)OC(N)=O)c2)ccc1-c1cnco1. The Kier molecular flexibility index (Phi) is 5.98. The number of carbonyl (C=O) groups excluding carboxylic acids is 2. The van der Waals surface area contributed by atoms with Gasteiger partial charge in [0.2, 0.25) is 0 Å². The summed E-state index contributed by atoms with van der Waals surface area (Å²) in [6.07, 6.45) is 1.51. The molecule has 3 aromatic rings. The fourth-order valence-electron chi connectivity index (χ4n) is 2.73. The molecular formula is C20H20N4O5. The maximum absolute atomic E-state index is 12.4. The summed E-state index contributed by atoms with van der Waals surface area (Å²) in [7, 11) is 1.53. The highest BCUT2D eigenvalue weighted by molar-refractivity contribution is 6.00. The molecule has 0 radical (unpaired) electrons. The molecule has 1 heterocycles. The number of urea groups is 1. The van der Waals surface area contributed by atoms with Crippen LogP contribution in [-0.2, 0) is 4.74 Å². The quantitative estimate of drug-likeness (QED) is 0.574. The molecule has 4 N–H and O–H groups in total. The third-order valence-electron chi connectivity index (χ3n) is 4.06. The number of aromatic nitrogens is 1. The third kappa shape index (κ3) is 5.04. The number of ether oxygens (including phenoxy) is 2.